The molecule has 0 amide bonds. The number of unbranched alkanes of at least 4 members (excludes halogenated alkanes) is 1. The quantitative estimate of drug-likeness (QED) is 0.779. The lowest BCUT2D eigenvalue weighted by atomic mass is 10.2. The number of benzene rings is 1. The maximum Gasteiger partial charge on any atom is 0.0369 e. The summed E-state index contributed by atoms with van der Waals surface area (Å²) in [6.45, 7) is 13.7. The third kappa shape index (κ3) is 5.68. The van der Waals surface area contributed by atoms with Gasteiger partial charge in [0, 0.05) is 37.9 Å². The van der Waals surface area contributed by atoms with Gasteiger partial charge in [-0.3, -0.25) is 4.90 Å². The summed E-state index contributed by atoms with van der Waals surface area (Å²) in [7, 11) is 0. The van der Waals surface area contributed by atoms with Gasteiger partial charge in [0.25, 0.3) is 0 Å². The zero-order valence-electron chi connectivity index (χ0n) is 13.9. The zero-order valence-corrected chi connectivity index (χ0v) is 13.9. The average Bonchev–Trinajstić information content (AvgIpc) is 2.47. The fourth-order valence-corrected chi connectivity index (χ4v) is 2.91. The zero-order chi connectivity index (χ0) is 15.1. The van der Waals surface area contributed by atoms with Crippen molar-refractivity contribution in [3.8, 4) is 0 Å². The average molecular weight is 289 g/mol. The Morgan fingerprint density at radius 3 is 2.52 bits per heavy atom. The molecule has 118 valence electrons. The van der Waals surface area contributed by atoms with Crippen molar-refractivity contribution in [2.45, 2.75) is 39.7 Å². The highest BCUT2D eigenvalue weighted by molar-refractivity contribution is 5.48. The predicted octanol–water partition coefficient (Wildman–Crippen LogP) is 2.90. The van der Waals surface area contributed by atoms with Gasteiger partial charge < -0.3 is 10.2 Å². The van der Waals surface area contributed by atoms with Crippen molar-refractivity contribution in [2.75, 3.05) is 44.2 Å². The summed E-state index contributed by atoms with van der Waals surface area (Å²) in [5.74, 6) is 0. The summed E-state index contributed by atoms with van der Waals surface area (Å²) in [6.07, 6.45) is 2.60. The molecule has 0 saturated carbocycles. The number of nitrogens with zero attached hydrogens (tertiary/aromatic N) is 2. The fourth-order valence-electron chi connectivity index (χ4n) is 2.91. The Bertz CT molecular complexity index is 409. The lowest BCUT2D eigenvalue weighted by molar-refractivity contribution is 0.252. The van der Waals surface area contributed by atoms with Crippen molar-refractivity contribution in [1.29, 1.82) is 0 Å². The molecule has 1 heterocycles. The van der Waals surface area contributed by atoms with Crippen LogP contribution in [0.4, 0.5) is 5.69 Å². The van der Waals surface area contributed by atoms with E-state index in [0.717, 1.165) is 19.6 Å². The molecule has 1 aliphatic rings. The summed E-state index contributed by atoms with van der Waals surface area (Å²) in [4.78, 5) is 5.13. The first kappa shape index (κ1) is 16.3. The number of nitrogens with one attached hydrogen (secondary N) is 1. The topological polar surface area (TPSA) is 18.5 Å². The molecule has 0 spiro atoms. The van der Waals surface area contributed by atoms with Gasteiger partial charge in [0.05, 0.1) is 0 Å². The normalized spacial score (nSPS) is 16.7. The van der Waals surface area contributed by atoms with E-state index < -0.39 is 0 Å². The molecule has 0 aromatic heterocycles. The lowest BCUT2D eigenvalue weighted by Gasteiger charge is -2.36. The summed E-state index contributed by atoms with van der Waals surface area (Å²) in [5.41, 5.74) is 2.74. The van der Waals surface area contributed by atoms with Gasteiger partial charge in [-0.2, -0.15) is 0 Å². The Morgan fingerprint density at radius 1 is 1.10 bits per heavy atom. The second-order valence-electron chi connectivity index (χ2n) is 6.48. The SMILES string of the molecule is Cc1cccc(N2CCN(CCCCNC(C)C)CC2)c1. The van der Waals surface area contributed by atoms with Crippen LogP contribution in [0.5, 0.6) is 0 Å². The van der Waals surface area contributed by atoms with E-state index in [1.165, 1.54) is 43.7 Å². The van der Waals surface area contributed by atoms with Gasteiger partial charge in [-0.15, -0.1) is 0 Å². The second-order valence-corrected chi connectivity index (χ2v) is 6.48. The summed E-state index contributed by atoms with van der Waals surface area (Å²) in [5, 5.41) is 3.49. The van der Waals surface area contributed by atoms with Crippen molar-refractivity contribution < 1.29 is 0 Å². The Balaban J connectivity index is 1.64. The van der Waals surface area contributed by atoms with Crippen molar-refractivity contribution >= 4 is 5.69 Å². The summed E-state index contributed by atoms with van der Waals surface area (Å²) < 4.78 is 0. The van der Waals surface area contributed by atoms with Gasteiger partial charge in [0.2, 0.25) is 0 Å². The molecule has 0 unspecified atom stereocenters. The number of anilines is 1. The van der Waals surface area contributed by atoms with Crippen LogP contribution in [0, 0.1) is 6.92 Å². The molecular formula is C18H31N3. The molecule has 1 aliphatic heterocycles. The molecule has 1 fully saturated rings. The van der Waals surface area contributed by atoms with Crippen LogP contribution in [0.25, 0.3) is 0 Å². The maximum absolute atomic E-state index is 3.49. The van der Waals surface area contributed by atoms with Gasteiger partial charge in [-0.05, 0) is 50.6 Å². The van der Waals surface area contributed by atoms with Crippen LogP contribution in [0.15, 0.2) is 24.3 Å². The molecule has 1 saturated heterocycles. The van der Waals surface area contributed by atoms with Crippen LogP contribution in [-0.4, -0.2) is 50.2 Å². The van der Waals surface area contributed by atoms with Gasteiger partial charge in [-0.1, -0.05) is 26.0 Å². The Labute approximate surface area is 130 Å². The Morgan fingerprint density at radius 2 is 1.86 bits per heavy atom. The van der Waals surface area contributed by atoms with Gasteiger partial charge >= 0.3 is 0 Å². The van der Waals surface area contributed by atoms with E-state index in [1.54, 1.807) is 0 Å². The number of hydrogen-bond donors (Lipinski definition) is 1. The maximum atomic E-state index is 3.49. The number of hydrogen-bond acceptors (Lipinski definition) is 3. The predicted molar refractivity (Wildman–Crippen MR) is 92.2 cm³/mol. The molecule has 0 aliphatic carbocycles. The molecule has 1 aromatic carbocycles. The van der Waals surface area contributed by atoms with Crippen LogP contribution >= 0.6 is 0 Å². The molecule has 21 heavy (non-hydrogen) atoms. The number of rotatable bonds is 7. The highest BCUT2D eigenvalue weighted by Crippen LogP contribution is 2.17. The Hall–Kier alpha value is -1.06. The minimum atomic E-state index is 0.614. The summed E-state index contributed by atoms with van der Waals surface area (Å²) >= 11 is 0. The minimum Gasteiger partial charge on any atom is -0.369 e. The van der Waals surface area contributed by atoms with E-state index in [0.29, 0.717) is 6.04 Å². The molecule has 3 nitrogen and oxygen atoms in total. The minimum absolute atomic E-state index is 0.614. The van der Waals surface area contributed by atoms with Crippen LogP contribution in [0.3, 0.4) is 0 Å². The van der Waals surface area contributed by atoms with E-state index in [4.69, 9.17) is 0 Å². The van der Waals surface area contributed by atoms with Crippen molar-refractivity contribution in [3.05, 3.63) is 29.8 Å². The molecule has 1 N–H and O–H groups in total. The number of aryl methyl sites for hydroxylation is 1. The van der Waals surface area contributed by atoms with Crippen molar-refractivity contribution in [2.24, 2.45) is 0 Å². The summed E-state index contributed by atoms with van der Waals surface area (Å²) in [6, 6.07) is 9.49. The van der Waals surface area contributed by atoms with E-state index in [-0.39, 0.29) is 0 Å². The van der Waals surface area contributed by atoms with E-state index >= 15 is 0 Å². The fraction of sp³-hybridized carbons (Fsp3) is 0.667. The molecule has 2 rings (SSSR count). The largest absolute Gasteiger partial charge is 0.369 e. The van der Waals surface area contributed by atoms with Crippen LogP contribution in [-0.2, 0) is 0 Å². The number of piperazine rings is 1. The standard InChI is InChI=1S/C18H31N3/c1-16(2)19-9-4-5-10-20-11-13-21(14-12-20)18-8-6-7-17(3)15-18/h6-8,15-16,19H,4-5,9-14H2,1-3H3. The molecular weight excluding hydrogens is 258 g/mol. The lowest BCUT2D eigenvalue weighted by Crippen LogP contribution is -2.46. The smallest absolute Gasteiger partial charge is 0.0369 e. The first-order chi connectivity index (χ1) is 10.1. The van der Waals surface area contributed by atoms with Gasteiger partial charge in [0.1, 0.15) is 0 Å². The van der Waals surface area contributed by atoms with Crippen LogP contribution in [0.1, 0.15) is 32.3 Å². The third-order valence-electron chi connectivity index (χ3n) is 4.19. The third-order valence-corrected chi connectivity index (χ3v) is 4.19. The first-order valence-corrected chi connectivity index (χ1v) is 8.42. The highest BCUT2D eigenvalue weighted by atomic mass is 15.3. The van der Waals surface area contributed by atoms with Crippen molar-refractivity contribution in [1.82, 2.24) is 10.2 Å². The van der Waals surface area contributed by atoms with Gasteiger partial charge in [-0.25, -0.2) is 0 Å². The molecule has 3 heteroatoms. The van der Waals surface area contributed by atoms with Crippen molar-refractivity contribution in [3.63, 3.8) is 0 Å². The van der Waals surface area contributed by atoms with E-state index in [9.17, 15) is 0 Å². The van der Waals surface area contributed by atoms with Crippen LogP contribution in [0.2, 0.25) is 0 Å². The Kier molecular flexibility index (Phi) is 6.52. The van der Waals surface area contributed by atoms with Gasteiger partial charge in [0.15, 0.2) is 0 Å². The monoisotopic (exact) mass is 289 g/mol. The molecule has 1 aromatic rings. The van der Waals surface area contributed by atoms with Crippen LogP contribution < -0.4 is 10.2 Å². The second kappa shape index (κ2) is 8.40. The van der Waals surface area contributed by atoms with E-state index in [1.807, 2.05) is 0 Å². The van der Waals surface area contributed by atoms with E-state index in [2.05, 4.69) is 60.2 Å². The molecule has 0 atom stereocenters. The molecule has 0 bridgehead atoms. The first-order valence-electron chi connectivity index (χ1n) is 8.42. The molecule has 0 radical (unpaired) electrons. The highest BCUT2D eigenvalue weighted by Gasteiger charge is 2.16.